The Kier molecular flexibility index (Phi) is 3.29. The van der Waals surface area contributed by atoms with E-state index in [2.05, 4.69) is 40.3 Å². The normalized spacial score (nSPS) is 46.3. The molecule has 0 aliphatic heterocycles. The molecule has 1 N–H and O–H groups in total. The zero-order valence-corrected chi connectivity index (χ0v) is 15.5. The van der Waals surface area contributed by atoms with Gasteiger partial charge in [-0.1, -0.05) is 64.3 Å². The second-order valence-electron chi connectivity index (χ2n) is 9.94. The molecule has 0 saturated heterocycles. The van der Waals surface area contributed by atoms with Crippen molar-refractivity contribution in [1.82, 2.24) is 0 Å². The highest BCUT2D eigenvalue weighted by atomic mass is 16.3. The van der Waals surface area contributed by atoms with Crippen LogP contribution in [0.1, 0.15) is 66.2 Å². The molecule has 1 nitrogen and oxygen atoms in total. The molecule has 1 heteroatoms. The number of aliphatic hydroxyl groups excluding tert-OH is 1. The molecule has 4 aliphatic carbocycles. The quantitative estimate of drug-likeness (QED) is 0.727. The zero-order valence-electron chi connectivity index (χ0n) is 15.5. The van der Waals surface area contributed by atoms with Gasteiger partial charge in [0.1, 0.15) is 0 Å². The Balaban J connectivity index is 1.84. The standard InChI is InChI=1S/C22H34O/c1-14-12-17-21(5,19-18(14)20(19,3)4)15(2)16(8-11-23)13-22(17)9-6-7-10-22/h12,15-16,18-19,23H,1,6-11,13H2,2-5H3/t15-,16+,18+,19-,21+/m0/s1. The van der Waals surface area contributed by atoms with Crippen molar-refractivity contribution in [2.24, 2.45) is 39.9 Å². The van der Waals surface area contributed by atoms with E-state index in [1.807, 2.05) is 0 Å². The van der Waals surface area contributed by atoms with Crippen LogP contribution in [-0.2, 0) is 0 Å². The van der Waals surface area contributed by atoms with Crippen LogP contribution in [-0.4, -0.2) is 11.7 Å². The van der Waals surface area contributed by atoms with Crippen molar-refractivity contribution in [1.29, 1.82) is 0 Å². The number of hydrogen-bond donors (Lipinski definition) is 1. The molecule has 0 bridgehead atoms. The minimum absolute atomic E-state index is 0.317. The molecule has 3 fully saturated rings. The van der Waals surface area contributed by atoms with Crippen LogP contribution in [0.3, 0.4) is 0 Å². The second-order valence-corrected chi connectivity index (χ2v) is 9.94. The molecule has 0 amide bonds. The predicted octanol–water partition coefficient (Wildman–Crippen LogP) is 5.36. The van der Waals surface area contributed by atoms with Crippen molar-refractivity contribution in [3.05, 3.63) is 23.8 Å². The van der Waals surface area contributed by atoms with Crippen molar-refractivity contribution >= 4 is 0 Å². The molecule has 5 atom stereocenters. The fourth-order valence-electron chi connectivity index (χ4n) is 7.62. The molecule has 0 heterocycles. The fraction of sp³-hybridized carbons (Fsp3) is 0.818. The Hall–Kier alpha value is -0.560. The van der Waals surface area contributed by atoms with Gasteiger partial charge in [0.25, 0.3) is 0 Å². The lowest BCUT2D eigenvalue weighted by Crippen LogP contribution is -2.49. The van der Waals surface area contributed by atoms with Crippen LogP contribution in [0, 0.1) is 39.9 Å². The van der Waals surface area contributed by atoms with Crippen LogP contribution < -0.4 is 0 Å². The highest BCUT2D eigenvalue weighted by Gasteiger charge is 2.72. The molecular weight excluding hydrogens is 280 g/mol. The number of fused-ring (bicyclic) bond motifs is 4. The van der Waals surface area contributed by atoms with E-state index in [0.717, 1.165) is 12.3 Å². The molecule has 1 spiro atoms. The van der Waals surface area contributed by atoms with E-state index in [-0.39, 0.29) is 0 Å². The highest BCUT2D eigenvalue weighted by Crippen LogP contribution is 2.79. The molecule has 0 unspecified atom stereocenters. The summed E-state index contributed by atoms with van der Waals surface area (Å²) in [5.74, 6) is 2.81. The molecule has 4 rings (SSSR count). The van der Waals surface area contributed by atoms with Gasteiger partial charge in [-0.3, -0.25) is 0 Å². The van der Waals surface area contributed by atoms with Crippen LogP contribution in [0.4, 0.5) is 0 Å². The van der Waals surface area contributed by atoms with E-state index in [0.29, 0.717) is 40.6 Å². The molecular formula is C22H34O. The van der Waals surface area contributed by atoms with Gasteiger partial charge in [0.05, 0.1) is 0 Å². The van der Waals surface area contributed by atoms with Crippen LogP contribution in [0.25, 0.3) is 0 Å². The minimum Gasteiger partial charge on any atom is -0.396 e. The summed E-state index contributed by atoms with van der Waals surface area (Å²) >= 11 is 0. The smallest absolute Gasteiger partial charge is 0.0433 e. The minimum atomic E-state index is 0.317. The summed E-state index contributed by atoms with van der Waals surface area (Å²) in [5.41, 5.74) is 4.32. The van der Waals surface area contributed by atoms with Gasteiger partial charge in [0.2, 0.25) is 0 Å². The van der Waals surface area contributed by atoms with E-state index < -0.39 is 0 Å². The van der Waals surface area contributed by atoms with Crippen molar-refractivity contribution < 1.29 is 5.11 Å². The monoisotopic (exact) mass is 314 g/mol. The SMILES string of the molecule is C=C1C=C2C3(CCCC3)C[C@@H](CCO)[C@H](C)[C@@]2(C)[C@H]2[C@@H]1C2(C)C. The Morgan fingerprint density at radius 3 is 2.48 bits per heavy atom. The third kappa shape index (κ3) is 1.84. The Morgan fingerprint density at radius 1 is 1.22 bits per heavy atom. The summed E-state index contributed by atoms with van der Waals surface area (Å²) in [6.07, 6.45) is 10.4. The summed E-state index contributed by atoms with van der Waals surface area (Å²) in [5, 5.41) is 9.64. The average Bonchev–Trinajstić information content (AvgIpc) is 2.86. The molecule has 0 aromatic rings. The van der Waals surface area contributed by atoms with E-state index >= 15 is 0 Å². The first kappa shape index (κ1) is 15.9. The van der Waals surface area contributed by atoms with Crippen LogP contribution >= 0.6 is 0 Å². The van der Waals surface area contributed by atoms with Crippen molar-refractivity contribution in [2.45, 2.75) is 66.2 Å². The first-order valence-electron chi connectivity index (χ1n) is 9.81. The van der Waals surface area contributed by atoms with E-state index in [9.17, 15) is 5.11 Å². The average molecular weight is 315 g/mol. The third-order valence-electron chi connectivity index (χ3n) is 8.72. The molecule has 4 aliphatic rings. The van der Waals surface area contributed by atoms with Crippen LogP contribution in [0.5, 0.6) is 0 Å². The van der Waals surface area contributed by atoms with E-state index in [1.54, 1.807) is 5.57 Å². The lowest BCUT2D eigenvalue weighted by atomic mass is 9.47. The largest absolute Gasteiger partial charge is 0.396 e. The van der Waals surface area contributed by atoms with Gasteiger partial charge in [-0.15, -0.1) is 0 Å². The molecule has 0 aromatic carbocycles. The first-order valence-corrected chi connectivity index (χ1v) is 9.81. The van der Waals surface area contributed by atoms with Gasteiger partial charge in [-0.25, -0.2) is 0 Å². The first-order chi connectivity index (χ1) is 10.8. The summed E-state index contributed by atoms with van der Waals surface area (Å²) < 4.78 is 0. The topological polar surface area (TPSA) is 20.2 Å². The highest BCUT2D eigenvalue weighted by molar-refractivity contribution is 5.47. The Labute approximate surface area is 142 Å². The van der Waals surface area contributed by atoms with Crippen molar-refractivity contribution in [3.8, 4) is 0 Å². The molecule has 128 valence electrons. The van der Waals surface area contributed by atoms with Gasteiger partial charge in [0.15, 0.2) is 0 Å². The summed E-state index contributed by atoms with van der Waals surface area (Å²) in [6.45, 7) is 14.8. The zero-order chi connectivity index (χ0) is 16.6. The van der Waals surface area contributed by atoms with Gasteiger partial charge < -0.3 is 5.11 Å². The Bertz CT molecular complexity index is 563. The maximum Gasteiger partial charge on any atom is 0.0433 e. The van der Waals surface area contributed by atoms with Crippen LogP contribution in [0.15, 0.2) is 23.8 Å². The lowest BCUT2D eigenvalue weighted by Gasteiger charge is -2.57. The van der Waals surface area contributed by atoms with Gasteiger partial charge in [-0.2, -0.15) is 0 Å². The Morgan fingerprint density at radius 2 is 1.87 bits per heavy atom. The van der Waals surface area contributed by atoms with Gasteiger partial charge in [0, 0.05) is 6.61 Å². The van der Waals surface area contributed by atoms with Crippen molar-refractivity contribution in [3.63, 3.8) is 0 Å². The fourth-order valence-corrected chi connectivity index (χ4v) is 7.62. The van der Waals surface area contributed by atoms with Gasteiger partial charge in [-0.05, 0) is 65.6 Å². The number of aliphatic hydroxyl groups is 1. The second kappa shape index (κ2) is 4.75. The summed E-state index contributed by atoms with van der Waals surface area (Å²) in [7, 11) is 0. The maximum absolute atomic E-state index is 9.64. The molecule has 3 saturated carbocycles. The van der Waals surface area contributed by atoms with E-state index in [1.165, 1.54) is 37.7 Å². The van der Waals surface area contributed by atoms with Crippen LogP contribution in [0.2, 0.25) is 0 Å². The van der Waals surface area contributed by atoms with Crippen molar-refractivity contribution in [2.75, 3.05) is 6.61 Å². The number of hydrogen-bond acceptors (Lipinski definition) is 1. The summed E-state index contributed by atoms with van der Waals surface area (Å²) in [6, 6.07) is 0. The number of rotatable bonds is 2. The third-order valence-corrected chi connectivity index (χ3v) is 8.72. The molecule has 0 aromatic heterocycles. The number of allylic oxidation sites excluding steroid dienone is 3. The van der Waals surface area contributed by atoms with Gasteiger partial charge >= 0.3 is 0 Å². The van der Waals surface area contributed by atoms with E-state index in [4.69, 9.17) is 0 Å². The summed E-state index contributed by atoms with van der Waals surface area (Å²) in [4.78, 5) is 0. The molecule has 23 heavy (non-hydrogen) atoms. The predicted molar refractivity (Wildman–Crippen MR) is 96.0 cm³/mol. The lowest BCUT2D eigenvalue weighted by molar-refractivity contribution is 0.0112. The maximum atomic E-state index is 9.64. The molecule has 0 radical (unpaired) electrons.